The van der Waals surface area contributed by atoms with Gasteiger partial charge in [-0.2, -0.15) is 0 Å². The van der Waals surface area contributed by atoms with E-state index in [4.69, 9.17) is 9.84 Å². The maximum atomic E-state index is 14.8. The van der Waals surface area contributed by atoms with Crippen LogP contribution in [0.5, 0.6) is 5.75 Å². The Kier molecular flexibility index (Phi) is 8.29. The lowest BCUT2D eigenvalue weighted by Crippen LogP contribution is -2.34. The van der Waals surface area contributed by atoms with Gasteiger partial charge in [0.25, 0.3) is 11.5 Å². The molecule has 3 aromatic rings. The fourth-order valence-electron chi connectivity index (χ4n) is 4.13. The molecule has 1 amide bonds. The van der Waals surface area contributed by atoms with Crippen molar-refractivity contribution >= 4 is 17.7 Å². The molecule has 0 bridgehead atoms. The summed E-state index contributed by atoms with van der Waals surface area (Å²) in [4.78, 5) is 41.0. The Morgan fingerprint density at radius 3 is 2.69 bits per heavy atom. The molecule has 39 heavy (non-hydrogen) atoms. The summed E-state index contributed by atoms with van der Waals surface area (Å²) in [5, 5.41) is 17.6. The third-order valence-corrected chi connectivity index (χ3v) is 6.40. The van der Waals surface area contributed by atoms with Gasteiger partial charge in [0.1, 0.15) is 18.2 Å². The molecule has 206 valence electrons. The van der Waals surface area contributed by atoms with Gasteiger partial charge in [0.15, 0.2) is 5.82 Å². The number of aliphatic carboxylic acids is 1. The second kappa shape index (κ2) is 11.6. The number of hydrogen-bond donors (Lipinski definition) is 4. The highest BCUT2D eigenvalue weighted by atomic mass is 19.1. The number of benzene rings is 2. The van der Waals surface area contributed by atoms with E-state index in [2.05, 4.69) is 20.9 Å². The number of ether oxygens (including phenoxy) is 1. The minimum absolute atomic E-state index is 0.0353. The van der Waals surface area contributed by atoms with Gasteiger partial charge >= 0.3 is 5.97 Å². The third-order valence-electron chi connectivity index (χ3n) is 6.40. The van der Waals surface area contributed by atoms with Gasteiger partial charge in [-0.3, -0.25) is 19.0 Å². The van der Waals surface area contributed by atoms with Gasteiger partial charge in [0.2, 0.25) is 0 Å². The summed E-state index contributed by atoms with van der Waals surface area (Å²) in [5.41, 5.74) is 0.0452. The van der Waals surface area contributed by atoms with Crippen molar-refractivity contribution in [2.24, 2.45) is 0 Å². The zero-order chi connectivity index (χ0) is 28.2. The van der Waals surface area contributed by atoms with Crippen LogP contribution in [-0.4, -0.2) is 52.3 Å². The Morgan fingerprint density at radius 1 is 1.23 bits per heavy atom. The first-order valence-corrected chi connectivity index (χ1v) is 12.7. The first kappa shape index (κ1) is 27.8. The fraction of sp³-hybridized carbons (Fsp3) is 0.357. The van der Waals surface area contributed by atoms with Crippen LogP contribution in [0.2, 0.25) is 0 Å². The summed E-state index contributed by atoms with van der Waals surface area (Å²) in [6.45, 7) is 5.70. The Labute approximate surface area is 225 Å². The van der Waals surface area contributed by atoms with Gasteiger partial charge in [-0.25, -0.2) is 9.37 Å². The molecule has 11 heteroatoms. The van der Waals surface area contributed by atoms with E-state index in [0.717, 1.165) is 18.4 Å². The highest BCUT2D eigenvalue weighted by Gasteiger charge is 2.27. The summed E-state index contributed by atoms with van der Waals surface area (Å²) in [6.07, 6.45) is 4.67. The molecule has 0 saturated heterocycles. The first-order valence-electron chi connectivity index (χ1n) is 12.7. The van der Waals surface area contributed by atoms with Crippen molar-refractivity contribution in [2.75, 3.05) is 25.0 Å². The minimum Gasteiger partial charge on any atom is -0.492 e. The summed E-state index contributed by atoms with van der Waals surface area (Å²) < 4.78 is 22.0. The van der Waals surface area contributed by atoms with Gasteiger partial charge < -0.3 is 25.8 Å². The smallest absolute Gasteiger partial charge is 0.317 e. The average molecular weight is 538 g/mol. The van der Waals surface area contributed by atoms with Crippen LogP contribution in [-0.2, 0) is 10.3 Å². The number of nitrogens with zero attached hydrogens (tertiary/aromatic N) is 2. The lowest BCUT2D eigenvalue weighted by Gasteiger charge is -2.29. The van der Waals surface area contributed by atoms with Crippen LogP contribution < -0.4 is 26.2 Å². The molecule has 1 aliphatic rings. The largest absolute Gasteiger partial charge is 0.492 e. The predicted octanol–water partition coefficient (Wildman–Crippen LogP) is 2.97. The number of rotatable bonds is 12. The molecule has 0 spiro atoms. The second-order valence-corrected chi connectivity index (χ2v) is 9.97. The molecule has 2 aromatic carbocycles. The van der Waals surface area contributed by atoms with Crippen molar-refractivity contribution in [3.05, 3.63) is 81.7 Å². The van der Waals surface area contributed by atoms with Crippen molar-refractivity contribution in [1.82, 2.24) is 20.2 Å². The standard InChI is InChI=1S/C28H32FN5O5/c1-17-21(29)14-18(26(37)32-19-8-9-19)15-22(17)34-12-10-31-25(27(34)38)33-28(2,3)20-6-4-5-7-23(20)39-13-11-30-16-24(35)36/h4-7,10,12,14-15,19,30H,8-9,11,13,16H2,1-3H3,(H,31,33)(H,32,37)(H,35,36). The number of amides is 1. The average Bonchev–Trinajstić information content (AvgIpc) is 3.71. The number of aromatic nitrogens is 2. The lowest BCUT2D eigenvalue weighted by molar-refractivity contribution is -0.135. The van der Waals surface area contributed by atoms with E-state index in [0.29, 0.717) is 12.3 Å². The van der Waals surface area contributed by atoms with Gasteiger partial charge in [0, 0.05) is 41.7 Å². The lowest BCUT2D eigenvalue weighted by atomic mass is 9.93. The molecule has 10 nitrogen and oxygen atoms in total. The van der Waals surface area contributed by atoms with E-state index in [-0.39, 0.29) is 47.7 Å². The molecule has 1 heterocycles. The second-order valence-electron chi connectivity index (χ2n) is 9.97. The van der Waals surface area contributed by atoms with Gasteiger partial charge in [-0.15, -0.1) is 0 Å². The van der Waals surface area contributed by atoms with Crippen LogP contribution >= 0.6 is 0 Å². The highest BCUT2D eigenvalue weighted by molar-refractivity contribution is 5.95. The zero-order valence-corrected chi connectivity index (χ0v) is 22.1. The molecule has 0 atom stereocenters. The van der Waals surface area contributed by atoms with Crippen LogP contribution in [0.1, 0.15) is 48.2 Å². The number of para-hydroxylation sites is 1. The maximum Gasteiger partial charge on any atom is 0.317 e. The summed E-state index contributed by atoms with van der Waals surface area (Å²) in [7, 11) is 0. The number of halogens is 1. The molecule has 1 fully saturated rings. The molecule has 0 radical (unpaired) electrons. The van der Waals surface area contributed by atoms with Crippen molar-refractivity contribution in [3.63, 3.8) is 0 Å². The van der Waals surface area contributed by atoms with E-state index >= 15 is 0 Å². The number of carboxylic acid groups (broad SMARTS) is 1. The fourth-order valence-corrected chi connectivity index (χ4v) is 4.13. The molecular formula is C28H32FN5O5. The summed E-state index contributed by atoms with van der Waals surface area (Å²) in [5.74, 6) is -1.32. The monoisotopic (exact) mass is 537 g/mol. The maximum absolute atomic E-state index is 14.8. The molecule has 1 saturated carbocycles. The number of nitrogens with one attached hydrogen (secondary N) is 3. The number of hydrogen-bond acceptors (Lipinski definition) is 7. The molecule has 4 rings (SSSR count). The van der Waals surface area contributed by atoms with Crippen LogP contribution in [0.3, 0.4) is 0 Å². The quantitative estimate of drug-likeness (QED) is 0.259. The third kappa shape index (κ3) is 6.80. The van der Waals surface area contributed by atoms with Crippen molar-refractivity contribution < 1.29 is 23.8 Å². The zero-order valence-electron chi connectivity index (χ0n) is 22.1. The van der Waals surface area contributed by atoms with Crippen molar-refractivity contribution in [3.8, 4) is 11.4 Å². The van der Waals surface area contributed by atoms with Gasteiger partial charge in [0.05, 0.1) is 17.8 Å². The Bertz CT molecular complexity index is 1430. The molecular weight excluding hydrogens is 505 g/mol. The number of carbonyl (C=O) groups is 2. The van der Waals surface area contributed by atoms with Gasteiger partial charge in [-0.05, 0) is 51.8 Å². The SMILES string of the molecule is Cc1c(F)cc(C(=O)NC2CC2)cc1-n1ccnc(NC(C)(C)c2ccccc2OCCNCC(=O)O)c1=O. The van der Waals surface area contributed by atoms with E-state index in [1.807, 2.05) is 32.0 Å². The number of carboxylic acids is 1. The minimum atomic E-state index is -0.951. The number of carbonyl (C=O) groups excluding carboxylic acids is 1. The van der Waals surface area contributed by atoms with E-state index in [1.165, 1.54) is 29.1 Å². The van der Waals surface area contributed by atoms with E-state index in [9.17, 15) is 18.8 Å². The summed E-state index contributed by atoms with van der Waals surface area (Å²) >= 11 is 0. The van der Waals surface area contributed by atoms with Crippen LogP contribution in [0.25, 0.3) is 5.69 Å². The Morgan fingerprint density at radius 2 is 1.97 bits per heavy atom. The van der Waals surface area contributed by atoms with E-state index < -0.39 is 22.9 Å². The topological polar surface area (TPSA) is 135 Å². The van der Waals surface area contributed by atoms with Crippen molar-refractivity contribution in [1.29, 1.82) is 0 Å². The molecule has 0 aliphatic heterocycles. The van der Waals surface area contributed by atoms with Gasteiger partial charge in [-0.1, -0.05) is 18.2 Å². The molecule has 1 aliphatic carbocycles. The Balaban J connectivity index is 1.59. The normalized spacial score (nSPS) is 13.1. The highest BCUT2D eigenvalue weighted by Crippen LogP contribution is 2.32. The first-order chi connectivity index (χ1) is 18.6. The van der Waals surface area contributed by atoms with Crippen LogP contribution in [0.15, 0.2) is 53.6 Å². The Hall–Kier alpha value is -4.25. The predicted molar refractivity (Wildman–Crippen MR) is 144 cm³/mol. The van der Waals surface area contributed by atoms with Crippen molar-refractivity contribution in [2.45, 2.75) is 45.2 Å². The number of anilines is 1. The van der Waals surface area contributed by atoms with Crippen LogP contribution in [0, 0.1) is 12.7 Å². The van der Waals surface area contributed by atoms with Crippen LogP contribution in [0.4, 0.5) is 10.2 Å². The molecule has 1 aromatic heterocycles. The molecule has 0 unspecified atom stereocenters. The van der Waals surface area contributed by atoms with E-state index in [1.54, 1.807) is 13.0 Å². The molecule has 4 N–H and O–H groups in total. The summed E-state index contributed by atoms with van der Waals surface area (Å²) in [6, 6.07) is 10.1.